The molecule has 37 heavy (non-hydrogen) atoms. The van der Waals surface area contributed by atoms with Crippen molar-refractivity contribution in [2.45, 2.75) is 45.3 Å². The highest BCUT2D eigenvalue weighted by atomic mass is 35.5. The number of halogens is 1. The average molecular weight is 519 g/mol. The summed E-state index contributed by atoms with van der Waals surface area (Å²) in [6, 6.07) is 16.3. The molecule has 5 rings (SSSR count). The highest BCUT2D eigenvalue weighted by molar-refractivity contribution is 6.31. The van der Waals surface area contributed by atoms with E-state index >= 15 is 0 Å². The smallest absolute Gasteiger partial charge is 0.269 e. The molecule has 0 aliphatic heterocycles. The van der Waals surface area contributed by atoms with Gasteiger partial charge in [0.25, 0.3) is 11.5 Å². The van der Waals surface area contributed by atoms with E-state index in [-0.39, 0.29) is 55.1 Å². The number of hydrogen-bond donors (Lipinski definition) is 2. The summed E-state index contributed by atoms with van der Waals surface area (Å²) >= 11 is 6.32. The van der Waals surface area contributed by atoms with Gasteiger partial charge in [-0.25, -0.2) is 0 Å². The number of carbonyl (C=O) groups is 2. The molecule has 0 atom stereocenters. The van der Waals surface area contributed by atoms with Crippen LogP contribution in [0.25, 0.3) is 21.9 Å². The first-order valence-corrected chi connectivity index (χ1v) is 12.7. The molecule has 9 heteroatoms. The van der Waals surface area contributed by atoms with Crippen LogP contribution in [-0.4, -0.2) is 43.8 Å². The largest absolute Gasteiger partial charge is 0.394 e. The summed E-state index contributed by atoms with van der Waals surface area (Å²) in [5.74, 6) is -0.468. The van der Waals surface area contributed by atoms with Gasteiger partial charge in [-0.3, -0.25) is 23.6 Å². The first-order valence-electron chi connectivity index (χ1n) is 12.3. The van der Waals surface area contributed by atoms with Crippen molar-refractivity contribution in [1.82, 2.24) is 19.7 Å². The monoisotopic (exact) mass is 518 g/mol. The van der Waals surface area contributed by atoms with Crippen molar-refractivity contribution in [2.24, 2.45) is 0 Å². The van der Waals surface area contributed by atoms with Gasteiger partial charge in [-0.2, -0.15) is 5.10 Å². The Bertz CT molecular complexity index is 1550. The van der Waals surface area contributed by atoms with Crippen LogP contribution in [0.4, 0.5) is 0 Å². The molecular formula is C28H27ClN4O4. The van der Waals surface area contributed by atoms with Crippen molar-refractivity contribution < 1.29 is 14.7 Å². The van der Waals surface area contributed by atoms with Gasteiger partial charge in [0.2, 0.25) is 0 Å². The van der Waals surface area contributed by atoms with E-state index in [1.807, 2.05) is 30.3 Å². The van der Waals surface area contributed by atoms with Gasteiger partial charge in [-0.1, -0.05) is 48.9 Å². The van der Waals surface area contributed by atoms with Gasteiger partial charge >= 0.3 is 0 Å². The molecule has 1 amide bonds. The fourth-order valence-electron chi connectivity index (χ4n) is 4.57. The van der Waals surface area contributed by atoms with Crippen molar-refractivity contribution in [3.8, 4) is 11.1 Å². The normalized spacial score (nSPS) is 13.2. The third-order valence-electron chi connectivity index (χ3n) is 6.49. The predicted molar refractivity (Wildman–Crippen MR) is 142 cm³/mol. The van der Waals surface area contributed by atoms with E-state index in [2.05, 4.69) is 10.4 Å². The third kappa shape index (κ3) is 4.95. The third-order valence-corrected chi connectivity index (χ3v) is 6.72. The fourth-order valence-corrected chi connectivity index (χ4v) is 4.74. The highest BCUT2D eigenvalue weighted by Gasteiger charge is 2.27. The maximum absolute atomic E-state index is 13.8. The number of nitrogens with one attached hydrogen (secondary N) is 1. The van der Waals surface area contributed by atoms with Gasteiger partial charge in [-0.15, -0.1) is 0 Å². The number of fused-ring (bicyclic) bond motifs is 1. The van der Waals surface area contributed by atoms with Crippen LogP contribution in [-0.2, 0) is 13.1 Å². The Morgan fingerprint density at radius 3 is 2.54 bits per heavy atom. The Morgan fingerprint density at radius 1 is 1.11 bits per heavy atom. The Morgan fingerprint density at radius 2 is 1.86 bits per heavy atom. The zero-order valence-electron chi connectivity index (χ0n) is 20.4. The molecule has 1 fully saturated rings. The number of nitrogens with zero attached hydrogens (tertiary/aromatic N) is 3. The predicted octanol–water partition coefficient (Wildman–Crippen LogP) is 4.04. The van der Waals surface area contributed by atoms with Crippen molar-refractivity contribution in [2.75, 3.05) is 6.61 Å². The van der Waals surface area contributed by atoms with Crippen molar-refractivity contribution in [3.63, 3.8) is 0 Å². The van der Waals surface area contributed by atoms with E-state index in [1.165, 1.54) is 9.25 Å². The number of amides is 1. The number of aliphatic hydroxyl groups is 1. The standard InChI is InChI=1S/C28H27ClN4O4/c1-2-24(35)26-25(17-6-4-3-5-7-17)22-14-18(29)8-11-21(22)28(37)32(26)16-20-15-23(33(31-20)12-13-34)27(36)30-19-9-10-19/h3-8,11,14-15,19,34H,2,9-10,12-13,16H2,1H3,(H,30,36). The Hall–Kier alpha value is -3.75. The maximum Gasteiger partial charge on any atom is 0.269 e. The summed E-state index contributed by atoms with van der Waals surface area (Å²) in [6.07, 6.45) is 2.07. The van der Waals surface area contributed by atoms with Crippen LogP contribution in [0.1, 0.15) is 52.9 Å². The van der Waals surface area contributed by atoms with E-state index < -0.39 is 0 Å². The number of rotatable bonds is 9. The van der Waals surface area contributed by atoms with Gasteiger partial charge in [0, 0.05) is 28.4 Å². The SMILES string of the molecule is CCC(=O)c1c(-c2ccccc2)c2cc(Cl)ccc2c(=O)n1Cc1cc(C(=O)NC2CC2)n(CCO)n1. The fraction of sp³-hybridized carbons (Fsp3) is 0.286. The first-order chi connectivity index (χ1) is 17.9. The minimum atomic E-state index is -0.344. The van der Waals surface area contributed by atoms with Crippen LogP contribution in [0, 0.1) is 0 Å². The summed E-state index contributed by atoms with van der Waals surface area (Å²) in [5, 5.41) is 18.5. The van der Waals surface area contributed by atoms with Crippen molar-refractivity contribution in [3.05, 3.63) is 87.1 Å². The number of carbonyl (C=O) groups excluding carboxylic acids is 2. The minimum Gasteiger partial charge on any atom is -0.394 e. The first kappa shape index (κ1) is 24.9. The number of benzene rings is 2. The molecule has 0 saturated heterocycles. The lowest BCUT2D eigenvalue weighted by atomic mass is 9.94. The molecule has 190 valence electrons. The van der Waals surface area contributed by atoms with Crippen LogP contribution in [0.15, 0.2) is 59.4 Å². The molecule has 8 nitrogen and oxygen atoms in total. The summed E-state index contributed by atoms with van der Waals surface area (Å²) < 4.78 is 2.89. The highest BCUT2D eigenvalue weighted by Crippen LogP contribution is 2.33. The van der Waals surface area contributed by atoms with Gasteiger partial charge in [-0.05, 0) is 48.1 Å². The number of pyridine rings is 1. The topological polar surface area (TPSA) is 106 Å². The van der Waals surface area contributed by atoms with E-state index in [4.69, 9.17) is 11.6 Å². The van der Waals surface area contributed by atoms with E-state index in [0.29, 0.717) is 32.7 Å². The molecule has 2 aromatic heterocycles. The Kier molecular flexibility index (Phi) is 6.95. The lowest BCUT2D eigenvalue weighted by Crippen LogP contribution is -2.28. The van der Waals surface area contributed by atoms with Gasteiger partial charge in [0.1, 0.15) is 5.69 Å². The average Bonchev–Trinajstić information content (AvgIpc) is 3.63. The Labute approximate surface area is 218 Å². The second-order valence-corrected chi connectivity index (χ2v) is 9.60. The molecule has 0 unspecified atom stereocenters. The van der Waals surface area contributed by atoms with Crippen LogP contribution >= 0.6 is 11.6 Å². The number of Topliss-reactive ketones (excluding diaryl/α,β-unsaturated/α-hetero) is 1. The van der Waals surface area contributed by atoms with Gasteiger partial charge < -0.3 is 10.4 Å². The van der Waals surface area contributed by atoms with Crippen LogP contribution in [0.3, 0.4) is 0 Å². The molecule has 2 heterocycles. The number of aromatic nitrogens is 3. The number of hydrogen-bond acceptors (Lipinski definition) is 5. The summed E-state index contributed by atoms with van der Waals surface area (Å²) in [5.41, 5.74) is 2.09. The summed E-state index contributed by atoms with van der Waals surface area (Å²) in [6.45, 7) is 1.68. The van der Waals surface area contributed by atoms with E-state index in [0.717, 1.165) is 18.4 Å². The second-order valence-electron chi connectivity index (χ2n) is 9.16. The lowest BCUT2D eigenvalue weighted by molar-refractivity contribution is 0.0937. The van der Waals surface area contributed by atoms with Gasteiger partial charge in [0.15, 0.2) is 5.78 Å². The molecule has 0 radical (unpaired) electrons. The van der Waals surface area contributed by atoms with E-state index in [1.54, 1.807) is 31.2 Å². The second kappa shape index (κ2) is 10.3. The maximum atomic E-state index is 13.8. The molecule has 1 aliphatic carbocycles. The molecule has 0 spiro atoms. The van der Waals surface area contributed by atoms with Crippen LogP contribution in [0.2, 0.25) is 5.02 Å². The van der Waals surface area contributed by atoms with Crippen LogP contribution in [0.5, 0.6) is 0 Å². The van der Waals surface area contributed by atoms with Crippen molar-refractivity contribution >= 4 is 34.1 Å². The molecule has 1 saturated carbocycles. The molecule has 0 bridgehead atoms. The summed E-state index contributed by atoms with van der Waals surface area (Å²) in [7, 11) is 0. The zero-order chi connectivity index (χ0) is 26.1. The lowest BCUT2D eigenvalue weighted by Gasteiger charge is -2.19. The van der Waals surface area contributed by atoms with Crippen molar-refractivity contribution in [1.29, 1.82) is 0 Å². The number of ketones is 1. The summed E-state index contributed by atoms with van der Waals surface area (Å²) in [4.78, 5) is 40.0. The minimum absolute atomic E-state index is 0.0134. The zero-order valence-corrected chi connectivity index (χ0v) is 21.2. The molecule has 2 N–H and O–H groups in total. The van der Waals surface area contributed by atoms with E-state index in [9.17, 15) is 19.5 Å². The Balaban J connectivity index is 1.72. The quantitative estimate of drug-likeness (QED) is 0.325. The van der Waals surface area contributed by atoms with Gasteiger partial charge in [0.05, 0.1) is 31.1 Å². The number of aliphatic hydroxyl groups excluding tert-OH is 1. The molecule has 1 aliphatic rings. The molecule has 2 aromatic carbocycles. The molecular weight excluding hydrogens is 492 g/mol. The van der Waals surface area contributed by atoms with Crippen LogP contribution < -0.4 is 10.9 Å². The molecule has 4 aromatic rings.